The number of aromatic nitrogens is 1. The lowest BCUT2D eigenvalue weighted by molar-refractivity contribution is -0.149. The van der Waals surface area contributed by atoms with Gasteiger partial charge >= 0.3 is 6.18 Å². The van der Waals surface area contributed by atoms with Crippen LogP contribution in [-0.2, 0) is 0 Å². The topological polar surface area (TPSA) is 38.9 Å². The van der Waals surface area contributed by atoms with E-state index in [0.717, 1.165) is 6.07 Å². The van der Waals surface area contributed by atoms with Crippen LogP contribution in [0.5, 0.6) is 0 Å². The molecule has 0 aliphatic heterocycles. The number of alkyl halides is 3. The van der Waals surface area contributed by atoms with Crippen LogP contribution in [0.2, 0.25) is 5.15 Å². The molecular weight excluding hydrogens is 284 g/mol. The fraction of sp³-hybridized carbons (Fsp3) is 0.286. The predicted molar refractivity (Wildman–Crippen MR) is 49.9 cm³/mol. The van der Waals surface area contributed by atoms with Crippen LogP contribution in [0.1, 0.15) is 11.6 Å². The van der Waals surface area contributed by atoms with Crippen LogP contribution in [0.4, 0.5) is 13.2 Å². The molecule has 14 heavy (non-hydrogen) atoms. The molecule has 1 atom stereocenters. The van der Waals surface area contributed by atoms with Gasteiger partial charge in [0, 0.05) is 10.7 Å². The summed E-state index contributed by atoms with van der Waals surface area (Å²) in [7, 11) is 0. The Hall–Kier alpha value is -0.330. The maximum Gasteiger partial charge on any atom is 0.407 e. The molecule has 7 heteroatoms. The number of rotatable bonds is 1. The fourth-order valence-corrected chi connectivity index (χ4v) is 1.47. The van der Waals surface area contributed by atoms with E-state index in [4.69, 9.17) is 17.3 Å². The smallest absolute Gasteiger partial charge is 0.316 e. The van der Waals surface area contributed by atoms with Crippen molar-refractivity contribution >= 4 is 27.5 Å². The van der Waals surface area contributed by atoms with Crippen molar-refractivity contribution in [3.8, 4) is 0 Å². The van der Waals surface area contributed by atoms with Crippen molar-refractivity contribution in [2.75, 3.05) is 0 Å². The summed E-state index contributed by atoms with van der Waals surface area (Å²) in [6.07, 6.45) is -3.31. The molecule has 0 spiro atoms. The minimum Gasteiger partial charge on any atom is -0.316 e. The molecule has 0 aliphatic carbocycles. The van der Waals surface area contributed by atoms with Gasteiger partial charge in [-0.1, -0.05) is 11.6 Å². The van der Waals surface area contributed by atoms with Crippen LogP contribution in [-0.4, -0.2) is 11.2 Å². The van der Waals surface area contributed by atoms with E-state index in [0.29, 0.717) is 0 Å². The van der Waals surface area contributed by atoms with E-state index >= 15 is 0 Å². The van der Waals surface area contributed by atoms with Gasteiger partial charge in [0.05, 0.1) is 0 Å². The lowest BCUT2D eigenvalue weighted by Crippen LogP contribution is -2.28. The van der Waals surface area contributed by atoms with E-state index in [9.17, 15) is 13.2 Å². The first-order valence-electron chi connectivity index (χ1n) is 3.45. The Morgan fingerprint density at radius 3 is 2.57 bits per heavy atom. The van der Waals surface area contributed by atoms with E-state index in [1.165, 1.54) is 6.20 Å². The predicted octanol–water partition coefficient (Wildman–Crippen LogP) is 3.06. The molecule has 1 aromatic heterocycles. The van der Waals surface area contributed by atoms with Gasteiger partial charge in [-0.05, 0) is 27.6 Å². The van der Waals surface area contributed by atoms with E-state index in [1.54, 1.807) is 0 Å². The van der Waals surface area contributed by atoms with Crippen molar-refractivity contribution in [3.63, 3.8) is 0 Å². The molecule has 1 aromatic rings. The second-order valence-electron chi connectivity index (χ2n) is 2.55. The van der Waals surface area contributed by atoms with Gasteiger partial charge in [0.1, 0.15) is 11.2 Å². The highest BCUT2D eigenvalue weighted by molar-refractivity contribution is 9.10. The normalized spacial score (nSPS) is 14.1. The number of hydrogen-bond donors (Lipinski definition) is 1. The molecule has 0 saturated carbocycles. The number of nitrogens with zero attached hydrogens (tertiary/aromatic N) is 1. The zero-order chi connectivity index (χ0) is 10.9. The van der Waals surface area contributed by atoms with Crippen molar-refractivity contribution < 1.29 is 13.2 Å². The molecule has 0 radical (unpaired) electrons. The maximum absolute atomic E-state index is 12.2. The number of hydrogen-bond acceptors (Lipinski definition) is 2. The van der Waals surface area contributed by atoms with Crippen molar-refractivity contribution in [1.29, 1.82) is 0 Å². The first kappa shape index (κ1) is 11.7. The highest BCUT2D eigenvalue weighted by atomic mass is 79.9. The summed E-state index contributed by atoms with van der Waals surface area (Å²) in [4.78, 5) is 3.60. The molecular formula is C7H5BrClF3N2. The summed E-state index contributed by atoms with van der Waals surface area (Å²) in [5, 5.41) is -0.0251. The van der Waals surface area contributed by atoms with Gasteiger partial charge in [0.15, 0.2) is 0 Å². The van der Waals surface area contributed by atoms with Gasteiger partial charge in [-0.3, -0.25) is 0 Å². The second kappa shape index (κ2) is 4.04. The molecule has 0 saturated heterocycles. The minimum atomic E-state index is -4.49. The Kier molecular flexibility index (Phi) is 3.39. The van der Waals surface area contributed by atoms with Crippen molar-refractivity contribution in [2.45, 2.75) is 12.2 Å². The van der Waals surface area contributed by atoms with E-state index < -0.39 is 12.2 Å². The minimum absolute atomic E-state index is 0.0251. The molecule has 0 unspecified atom stereocenters. The SMILES string of the molecule is N[C@@H](c1cc(Cl)ncc1Br)C(F)(F)F. The molecule has 1 rings (SSSR count). The number of nitrogens with two attached hydrogens (primary N) is 1. The first-order valence-corrected chi connectivity index (χ1v) is 4.62. The Morgan fingerprint density at radius 2 is 2.07 bits per heavy atom. The van der Waals surface area contributed by atoms with Gasteiger partial charge in [0.25, 0.3) is 0 Å². The summed E-state index contributed by atoms with van der Waals surface area (Å²) in [5.74, 6) is 0. The molecule has 0 amide bonds. The zero-order valence-corrected chi connectivity index (χ0v) is 8.99. The summed E-state index contributed by atoms with van der Waals surface area (Å²) in [6.45, 7) is 0. The van der Waals surface area contributed by atoms with Crippen LogP contribution in [0.15, 0.2) is 16.7 Å². The largest absolute Gasteiger partial charge is 0.407 e. The first-order chi connectivity index (χ1) is 6.32. The monoisotopic (exact) mass is 288 g/mol. The van der Waals surface area contributed by atoms with E-state index in [-0.39, 0.29) is 15.2 Å². The van der Waals surface area contributed by atoms with Crippen LogP contribution < -0.4 is 5.73 Å². The molecule has 0 aromatic carbocycles. The van der Waals surface area contributed by atoms with Gasteiger partial charge in [0.2, 0.25) is 0 Å². The summed E-state index contributed by atoms with van der Waals surface area (Å²) in [5.41, 5.74) is 4.87. The third-order valence-electron chi connectivity index (χ3n) is 1.54. The highest BCUT2D eigenvalue weighted by Crippen LogP contribution is 2.34. The summed E-state index contributed by atoms with van der Waals surface area (Å²) < 4.78 is 36.9. The van der Waals surface area contributed by atoms with Crippen LogP contribution in [0.25, 0.3) is 0 Å². The van der Waals surface area contributed by atoms with Gasteiger partial charge < -0.3 is 5.73 Å². The molecule has 78 valence electrons. The zero-order valence-electron chi connectivity index (χ0n) is 6.65. The van der Waals surface area contributed by atoms with Gasteiger partial charge in [-0.2, -0.15) is 13.2 Å². The van der Waals surface area contributed by atoms with Crippen molar-refractivity contribution in [1.82, 2.24) is 4.98 Å². The van der Waals surface area contributed by atoms with Crippen molar-refractivity contribution in [3.05, 3.63) is 27.5 Å². The fourth-order valence-electron chi connectivity index (χ4n) is 0.842. The number of pyridine rings is 1. The quantitative estimate of drug-likeness (QED) is 0.807. The molecule has 1 heterocycles. The molecule has 0 aliphatic rings. The van der Waals surface area contributed by atoms with Crippen molar-refractivity contribution in [2.24, 2.45) is 5.73 Å². The van der Waals surface area contributed by atoms with Gasteiger partial charge in [-0.25, -0.2) is 4.98 Å². The average Bonchev–Trinajstić information content (AvgIpc) is 2.06. The lowest BCUT2D eigenvalue weighted by atomic mass is 10.1. The van der Waals surface area contributed by atoms with E-state index in [1.807, 2.05) is 0 Å². The Morgan fingerprint density at radius 1 is 1.50 bits per heavy atom. The third-order valence-corrected chi connectivity index (χ3v) is 2.41. The average molecular weight is 289 g/mol. The lowest BCUT2D eigenvalue weighted by Gasteiger charge is -2.16. The second-order valence-corrected chi connectivity index (χ2v) is 3.79. The van der Waals surface area contributed by atoms with Crippen LogP contribution >= 0.6 is 27.5 Å². The highest BCUT2D eigenvalue weighted by Gasteiger charge is 2.38. The molecule has 0 bridgehead atoms. The number of halogens is 5. The summed E-state index contributed by atoms with van der Waals surface area (Å²) >= 11 is 8.38. The Bertz CT molecular complexity index is 342. The molecule has 2 N–H and O–H groups in total. The standard InChI is InChI=1S/C7H5BrClF3N2/c8-4-2-14-5(9)1-3(4)6(13)7(10,11)12/h1-2,6H,13H2/t6-/m0/s1. The molecule has 2 nitrogen and oxygen atoms in total. The van der Waals surface area contributed by atoms with Gasteiger partial charge in [-0.15, -0.1) is 0 Å². The molecule has 0 fully saturated rings. The van der Waals surface area contributed by atoms with Crippen LogP contribution in [0.3, 0.4) is 0 Å². The Labute approximate surface area is 91.4 Å². The third kappa shape index (κ3) is 2.59. The van der Waals surface area contributed by atoms with E-state index in [2.05, 4.69) is 20.9 Å². The summed E-state index contributed by atoms with van der Waals surface area (Å²) in [6, 6.07) is -0.971. The maximum atomic E-state index is 12.2. The van der Waals surface area contributed by atoms with Crippen LogP contribution in [0, 0.1) is 0 Å². The Balaban J connectivity index is 3.12.